The van der Waals surface area contributed by atoms with E-state index >= 15 is 0 Å². The van der Waals surface area contributed by atoms with Gasteiger partial charge in [0.15, 0.2) is 11.6 Å². The summed E-state index contributed by atoms with van der Waals surface area (Å²) >= 11 is 0. The fraction of sp³-hybridized carbons (Fsp3) is 0.353. The Balaban J connectivity index is 2.20. The predicted octanol–water partition coefficient (Wildman–Crippen LogP) is 4.01. The van der Waals surface area contributed by atoms with Gasteiger partial charge in [0.1, 0.15) is 0 Å². The van der Waals surface area contributed by atoms with Crippen molar-refractivity contribution < 1.29 is 13.9 Å². The molecule has 0 fully saturated rings. The number of nitrogens with one attached hydrogen (secondary N) is 1. The molecule has 1 amide bonds. The van der Waals surface area contributed by atoms with Crippen molar-refractivity contribution in [3.8, 4) is 11.8 Å². The second-order valence-electron chi connectivity index (χ2n) is 5.73. The Morgan fingerprint density at radius 1 is 1.22 bits per heavy atom. The predicted molar refractivity (Wildman–Crippen MR) is 86.1 cm³/mol. The van der Waals surface area contributed by atoms with Gasteiger partial charge in [0.2, 0.25) is 5.91 Å². The van der Waals surface area contributed by atoms with Crippen LogP contribution in [0, 0.1) is 25.6 Å². The fourth-order valence-electron chi connectivity index (χ4n) is 2.10. The molecule has 0 atom stereocenters. The van der Waals surface area contributed by atoms with Crippen LogP contribution in [0.5, 0.6) is 11.8 Å². The van der Waals surface area contributed by atoms with E-state index in [4.69, 9.17) is 4.74 Å². The molecule has 122 valence electrons. The number of benzene rings is 1. The number of hydrogen-bond acceptors (Lipinski definition) is 4. The van der Waals surface area contributed by atoms with Gasteiger partial charge in [-0.05, 0) is 31.9 Å². The maximum absolute atomic E-state index is 13.6. The minimum Gasteiger partial charge on any atom is -0.421 e. The van der Waals surface area contributed by atoms with E-state index in [-0.39, 0.29) is 23.6 Å². The van der Waals surface area contributed by atoms with Crippen LogP contribution in [-0.2, 0) is 4.79 Å². The van der Waals surface area contributed by atoms with Crippen molar-refractivity contribution in [3.05, 3.63) is 41.5 Å². The zero-order valence-electron chi connectivity index (χ0n) is 13.7. The lowest BCUT2D eigenvalue weighted by atomic mass is 10.1. The molecule has 0 spiro atoms. The Morgan fingerprint density at radius 3 is 2.39 bits per heavy atom. The number of aryl methyl sites for hydroxylation is 2. The maximum atomic E-state index is 13.6. The highest BCUT2D eigenvalue weighted by molar-refractivity contribution is 5.91. The summed E-state index contributed by atoms with van der Waals surface area (Å²) in [5.41, 5.74) is 1.71. The molecular formula is C17H20FN3O2. The molecule has 0 saturated carbocycles. The van der Waals surface area contributed by atoms with Gasteiger partial charge in [-0.2, -0.15) is 9.97 Å². The lowest BCUT2D eigenvalue weighted by molar-refractivity contribution is -0.116. The van der Waals surface area contributed by atoms with Crippen LogP contribution in [0.25, 0.3) is 0 Å². The van der Waals surface area contributed by atoms with Crippen molar-refractivity contribution in [1.29, 1.82) is 0 Å². The topological polar surface area (TPSA) is 64.1 Å². The number of aromatic nitrogens is 2. The normalized spacial score (nSPS) is 10.7. The summed E-state index contributed by atoms with van der Waals surface area (Å²) in [5, 5.41) is 2.82. The Labute approximate surface area is 134 Å². The number of rotatable bonds is 5. The molecule has 0 aliphatic heterocycles. The molecule has 1 N–H and O–H groups in total. The number of halogens is 1. The average Bonchev–Trinajstić information content (AvgIpc) is 2.45. The number of para-hydroxylation sites is 1. The Hall–Kier alpha value is -2.50. The molecular weight excluding hydrogens is 297 g/mol. The molecule has 5 nitrogen and oxygen atoms in total. The smallest absolute Gasteiger partial charge is 0.322 e. The summed E-state index contributed by atoms with van der Waals surface area (Å²) in [4.78, 5) is 20.3. The van der Waals surface area contributed by atoms with E-state index in [1.165, 1.54) is 12.1 Å². The molecule has 2 rings (SSSR count). The van der Waals surface area contributed by atoms with Gasteiger partial charge in [-0.3, -0.25) is 4.79 Å². The number of hydrogen-bond donors (Lipinski definition) is 1. The third-order valence-corrected chi connectivity index (χ3v) is 3.15. The summed E-state index contributed by atoms with van der Waals surface area (Å²) in [6.45, 7) is 7.43. The number of amides is 1. The van der Waals surface area contributed by atoms with Gasteiger partial charge in [-0.1, -0.05) is 26.0 Å². The van der Waals surface area contributed by atoms with E-state index in [0.29, 0.717) is 23.5 Å². The molecule has 0 saturated heterocycles. The van der Waals surface area contributed by atoms with Crippen LogP contribution in [0.15, 0.2) is 24.3 Å². The molecule has 1 aromatic heterocycles. The van der Waals surface area contributed by atoms with Gasteiger partial charge in [0.25, 0.3) is 0 Å². The lowest BCUT2D eigenvalue weighted by Gasteiger charge is -2.13. The van der Waals surface area contributed by atoms with E-state index in [9.17, 15) is 9.18 Å². The van der Waals surface area contributed by atoms with Gasteiger partial charge in [-0.25, -0.2) is 4.39 Å². The standard InChI is InChI=1S/C17H20FN3O2/c1-10(2)9-15(22)21-16-11(3)19-17(20-12(16)4)23-14-8-6-5-7-13(14)18/h5-8,10H,9H2,1-4H3,(H,21,22). The zero-order valence-corrected chi connectivity index (χ0v) is 13.7. The summed E-state index contributed by atoms with van der Waals surface area (Å²) < 4.78 is 19.0. The zero-order chi connectivity index (χ0) is 17.0. The van der Waals surface area contributed by atoms with E-state index in [1.807, 2.05) is 13.8 Å². The molecule has 1 heterocycles. The largest absolute Gasteiger partial charge is 0.421 e. The first-order chi connectivity index (χ1) is 10.9. The molecule has 2 aromatic rings. The minimum atomic E-state index is -0.485. The van der Waals surface area contributed by atoms with Crippen LogP contribution in [0.1, 0.15) is 31.7 Å². The van der Waals surface area contributed by atoms with Crippen LogP contribution in [0.3, 0.4) is 0 Å². The van der Waals surface area contributed by atoms with Gasteiger partial charge in [0, 0.05) is 6.42 Å². The van der Waals surface area contributed by atoms with E-state index in [0.717, 1.165) is 0 Å². The SMILES string of the molecule is Cc1nc(Oc2ccccc2F)nc(C)c1NC(=O)CC(C)C. The average molecular weight is 317 g/mol. The second-order valence-corrected chi connectivity index (χ2v) is 5.73. The second kappa shape index (κ2) is 7.17. The maximum Gasteiger partial charge on any atom is 0.322 e. The van der Waals surface area contributed by atoms with Crippen LogP contribution in [0.4, 0.5) is 10.1 Å². The van der Waals surface area contributed by atoms with Crippen molar-refractivity contribution in [2.45, 2.75) is 34.1 Å². The first kappa shape index (κ1) is 16.9. The molecule has 0 unspecified atom stereocenters. The van der Waals surface area contributed by atoms with Crippen molar-refractivity contribution in [1.82, 2.24) is 9.97 Å². The van der Waals surface area contributed by atoms with E-state index in [2.05, 4.69) is 15.3 Å². The third-order valence-electron chi connectivity index (χ3n) is 3.15. The number of carbonyl (C=O) groups is 1. The van der Waals surface area contributed by atoms with E-state index in [1.54, 1.807) is 26.0 Å². The van der Waals surface area contributed by atoms with Crippen molar-refractivity contribution in [2.75, 3.05) is 5.32 Å². The van der Waals surface area contributed by atoms with Gasteiger partial charge in [-0.15, -0.1) is 0 Å². The molecule has 0 bridgehead atoms. The van der Waals surface area contributed by atoms with Crippen molar-refractivity contribution in [2.24, 2.45) is 5.92 Å². The van der Waals surface area contributed by atoms with Crippen molar-refractivity contribution >= 4 is 11.6 Å². The summed E-state index contributed by atoms with van der Waals surface area (Å²) in [6.07, 6.45) is 0.423. The molecule has 23 heavy (non-hydrogen) atoms. The Kier molecular flexibility index (Phi) is 5.26. The quantitative estimate of drug-likeness (QED) is 0.905. The highest BCUT2D eigenvalue weighted by atomic mass is 19.1. The Bertz CT molecular complexity index is 694. The van der Waals surface area contributed by atoms with Crippen LogP contribution >= 0.6 is 0 Å². The number of carbonyl (C=O) groups excluding carboxylic acids is 1. The molecule has 6 heteroatoms. The Morgan fingerprint density at radius 2 is 1.83 bits per heavy atom. The van der Waals surface area contributed by atoms with Crippen LogP contribution in [0.2, 0.25) is 0 Å². The highest BCUT2D eigenvalue weighted by Gasteiger charge is 2.14. The van der Waals surface area contributed by atoms with Gasteiger partial charge in [0.05, 0.1) is 17.1 Å². The molecule has 0 aliphatic rings. The van der Waals surface area contributed by atoms with Crippen LogP contribution in [-0.4, -0.2) is 15.9 Å². The summed E-state index contributed by atoms with van der Waals surface area (Å²) in [7, 11) is 0. The minimum absolute atomic E-state index is 0.0481. The first-order valence-corrected chi connectivity index (χ1v) is 7.44. The van der Waals surface area contributed by atoms with Gasteiger partial charge < -0.3 is 10.1 Å². The summed E-state index contributed by atoms with van der Waals surface area (Å²) in [6, 6.07) is 6.09. The third kappa shape index (κ3) is 4.48. The highest BCUT2D eigenvalue weighted by Crippen LogP contribution is 2.25. The molecule has 1 aromatic carbocycles. The molecule has 0 aliphatic carbocycles. The van der Waals surface area contributed by atoms with E-state index < -0.39 is 5.82 Å². The van der Waals surface area contributed by atoms with Crippen molar-refractivity contribution in [3.63, 3.8) is 0 Å². The number of anilines is 1. The number of ether oxygens (including phenoxy) is 1. The molecule has 0 radical (unpaired) electrons. The van der Waals surface area contributed by atoms with Gasteiger partial charge >= 0.3 is 6.01 Å². The fourth-order valence-corrected chi connectivity index (χ4v) is 2.10. The first-order valence-electron chi connectivity index (χ1n) is 7.44. The summed E-state index contributed by atoms with van der Waals surface area (Å²) in [5.74, 6) is -0.249. The lowest BCUT2D eigenvalue weighted by Crippen LogP contribution is -2.16. The monoisotopic (exact) mass is 317 g/mol. The van der Waals surface area contributed by atoms with Crippen LogP contribution < -0.4 is 10.1 Å². The number of nitrogens with zero attached hydrogens (tertiary/aromatic N) is 2.